The number of anilines is 1. The smallest absolute Gasteiger partial charge is 0.410 e. The number of nitrogens with zero attached hydrogens (tertiary/aromatic N) is 5. The van der Waals surface area contributed by atoms with Gasteiger partial charge in [0.15, 0.2) is 0 Å². The van der Waals surface area contributed by atoms with Crippen molar-refractivity contribution in [3.8, 4) is 0 Å². The predicted molar refractivity (Wildman–Crippen MR) is 97.0 cm³/mol. The van der Waals surface area contributed by atoms with Crippen LogP contribution in [0.1, 0.15) is 30.7 Å². The van der Waals surface area contributed by atoms with Gasteiger partial charge >= 0.3 is 6.09 Å². The van der Waals surface area contributed by atoms with Crippen LogP contribution in [0.15, 0.2) is 6.20 Å². The second kappa shape index (κ2) is 7.88. The number of piperazine rings is 1. The molecule has 26 heavy (non-hydrogen) atoms. The molecular formula is C18H27N5O3. The highest BCUT2D eigenvalue weighted by atomic mass is 16.5. The fourth-order valence-electron chi connectivity index (χ4n) is 3.70. The normalized spacial score (nSPS) is 20.9. The highest BCUT2D eigenvalue weighted by Gasteiger charge is 2.36. The Morgan fingerprint density at radius 1 is 1.12 bits per heavy atom. The van der Waals surface area contributed by atoms with E-state index in [9.17, 15) is 9.59 Å². The third-order valence-electron chi connectivity index (χ3n) is 5.14. The Hall–Kier alpha value is -2.38. The van der Waals surface area contributed by atoms with E-state index in [1.807, 2.05) is 18.7 Å². The van der Waals surface area contributed by atoms with Crippen molar-refractivity contribution in [2.24, 2.45) is 0 Å². The summed E-state index contributed by atoms with van der Waals surface area (Å²) in [7, 11) is 1.36. The Labute approximate surface area is 154 Å². The fourth-order valence-corrected chi connectivity index (χ4v) is 3.70. The summed E-state index contributed by atoms with van der Waals surface area (Å²) in [6, 6.07) is -0.400. The number of hydrogen-bond donors (Lipinski definition) is 0. The average Bonchev–Trinajstić information content (AvgIpc) is 2.69. The first-order valence-corrected chi connectivity index (χ1v) is 9.20. The molecule has 0 spiro atoms. The molecule has 0 bridgehead atoms. The van der Waals surface area contributed by atoms with Crippen molar-refractivity contribution in [2.75, 3.05) is 44.7 Å². The van der Waals surface area contributed by atoms with E-state index in [-0.39, 0.29) is 5.91 Å². The molecule has 8 nitrogen and oxygen atoms in total. The summed E-state index contributed by atoms with van der Waals surface area (Å²) in [5.74, 6) is 0.924. The number of amides is 2. The molecule has 1 unspecified atom stereocenters. The predicted octanol–water partition coefficient (Wildman–Crippen LogP) is 1.36. The molecule has 1 aromatic heterocycles. The van der Waals surface area contributed by atoms with Crippen molar-refractivity contribution in [1.82, 2.24) is 19.8 Å². The van der Waals surface area contributed by atoms with Crippen molar-refractivity contribution >= 4 is 17.8 Å². The van der Waals surface area contributed by atoms with Crippen LogP contribution < -0.4 is 4.90 Å². The van der Waals surface area contributed by atoms with Crippen LogP contribution in [0, 0.1) is 13.8 Å². The maximum absolute atomic E-state index is 13.0. The van der Waals surface area contributed by atoms with E-state index >= 15 is 0 Å². The van der Waals surface area contributed by atoms with Crippen LogP contribution in [0.25, 0.3) is 0 Å². The molecule has 3 rings (SSSR count). The van der Waals surface area contributed by atoms with E-state index in [1.54, 1.807) is 11.1 Å². The van der Waals surface area contributed by atoms with Gasteiger partial charge in [0, 0.05) is 38.9 Å². The average molecular weight is 361 g/mol. The van der Waals surface area contributed by atoms with Crippen molar-refractivity contribution in [1.29, 1.82) is 0 Å². The quantitative estimate of drug-likeness (QED) is 0.791. The van der Waals surface area contributed by atoms with Gasteiger partial charge in [0.05, 0.1) is 18.5 Å². The molecule has 0 aromatic carbocycles. The van der Waals surface area contributed by atoms with Gasteiger partial charge in [-0.25, -0.2) is 9.78 Å². The van der Waals surface area contributed by atoms with Crippen LogP contribution in [-0.4, -0.2) is 77.6 Å². The summed E-state index contributed by atoms with van der Waals surface area (Å²) in [5.41, 5.74) is 1.79. The molecule has 0 aliphatic carbocycles. The van der Waals surface area contributed by atoms with E-state index < -0.39 is 12.1 Å². The van der Waals surface area contributed by atoms with Gasteiger partial charge in [0.1, 0.15) is 11.9 Å². The Morgan fingerprint density at radius 3 is 2.54 bits per heavy atom. The number of piperidine rings is 1. The zero-order valence-corrected chi connectivity index (χ0v) is 15.8. The summed E-state index contributed by atoms with van der Waals surface area (Å²) < 4.78 is 4.85. The Bertz CT molecular complexity index is 673. The lowest BCUT2D eigenvalue weighted by atomic mass is 10.0. The number of methoxy groups -OCH3 is 1. The zero-order chi connectivity index (χ0) is 18.7. The number of ether oxygens (including phenoxy) is 1. The molecule has 2 amide bonds. The summed E-state index contributed by atoms with van der Waals surface area (Å²) in [6.07, 6.45) is 3.94. The zero-order valence-electron chi connectivity index (χ0n) is 15.8. The Morgan fingerprint density at radius 2 is 1.85 bits per heavy atom. The minimum absolute atomic E-state index is 0.0294. The maximum atomic E-state index is 13.0. The van der Waals surface area contributed by atoms with Crippen LogP contribution in [-0.2, 0) is 9.53 Å². The number of carbonyl (C=O) groups is 2. The molecular weight excluding hydrogens is 334 g/mol. The van der Waals surface area contributed by atoms with Gasteiger partial charge < -0.3 is 14.5 Å². The number of aromatic nitrogens is 2. The van der Waals surface area contributed by atoms with Crippen LogP contribution >= 0.6 is 0 Å². The second-order valence-corrected chi connectivity index (χ2v) is 6.91. The standard InChI is InChI=1S/C18H27N5O3/c1-13-12-19-14(2)16(20-13)21-8-10-22(11-9-21)17(24)15-6-4-5-7-23(15)18(25)26-3/h12,15H,4-11H2,1-3H3. The summed E-state index contributed by atoms with van der Waals surface area (Å²) in [4.78, 5) is 39.5. The van der Waals surface area contributed by atoms with Crippen LogP contribution in [0.2, 0.25) is 0 Å². The van der Waals surface area contributed by atoms with Gasteiger partial charge in [-0.3, -0.25) is 14.7 Å². The van der Waals surface area contributed by atoms with Gasteiger partial charge in [-0.15, -0.1) is 0 Å². The van der Waals surface area contributed by atoms with E-state index in [0.717, 1.165) is 43.1 Å². The maximum Gasteiger partial charge on any atom is 0.410 e. The summed E-state index contributed by atoms with van der Waals surface area (Å²) in [5, 5.41) is 0. The van der Waals surface area contributed by atoms with E-state index in [4.69, 9.17) is 4.74 Å². The minimum atomic E-state index is -0.410. The summed E-state index contributed by atoms with van der Waals surface area (Å²) in [6.45, 7) is 7.15. The number of hydrogen-bond acceptors (Lipinski definition) is 6. The van der Waals surface area contributed by atoms with Crippen LogP contribution in [0.3, 0.4) is 0 Å². The molecule has 0 saturated carbocycles. The number of rotatable bonds is 2. The molecule has 0 N–H and O–H groups in total. The lowest BCUT2D eigenvalue weighted by molar-refractivity contribution is -0.137. The van der Waals surface area contributed by atoms with Gasteiger partial charge in [-0.2, -0.15) is 0 Å². The number of carbonyl (C=O) groups excluding carboxylic acids is 2. The van der Waals surface area contributed by atoms with Crippen molar-refractivity contribution in [3.05, 3.63) is 17.6 Å². The SMILES string of the molecule is COC(=O)N1CCCCC1C(=O)N1CCN(c2nc(C)cnc2C)CC1. The van der Waals surface area contributed by atoms with Crippen molar-refractivity contribution in [3.63, 3.8) is 0 Å². The second-order valence-electron chi connectivity index (χ2n) is 6.91. The van der Waals surface area contributed by atoms with Crippen molar-refractivity contribution in [2.45, 2.75) is 39.2 Å². The molecule has 2 aliphatic heterocycles. The first-order chi connectivity index (χ1) is 12.5. The third-order valence-corrected chi connectivity index (χ3v) is 5.14. The highest BCUT2D eigenvalue weighted by molar-refractivity contribution is 5.86. The van der Waals surface area contributed by atoms with Gasteiger partial charge in [0.25, 0.3) is 0 Å². The molecule has 1 atom stereocenters. The van der Waals surface area contributed by atoms with Crippen molar-refractivity contribution < 1.29 is 14.3 Å². The lowest BCUT2D eigenvalue weighted by Gasteiger charge is -2.40. The Kier molecular flexibility index (Phi) is 5.58. The monoisotopic (exact) mass is 361 g/mol. The topological polar surface area (TPSA) is 78.9 Å². The van der Waals surface area contributed by atoms with Crippen LogP contribution in [0.5, 0.6) is 0 Å². The van der Waals surface area contributed by atoms with Gasteiger partial charge in [0.2, 0.25) is 5.91 Å². The molecule has 3 heterocycles. The summed E-state index contributed by atoms with van der Waals surface area (Å²) >= 11 is 0. The largest absolute Gasteiger partial charge is 0.453 e. The molecule has 2 saturated heterocycles. The lowest BCUT2D eigenvalue weighted by Crippen LogP contribution is -2.57. The number of likely N-dealkylation sites (tertiary alicyclic amines) is 1. The van der Waals surface area contributed by atoms with Crippen LogP contribution in [0.4, 0.5) is 10.6 Å². The Balaban J connectivity index is 1.64. The fraction of sp³-hybridized carbons (Fsp3) is 0.667. The molecule has 1 aromatic rings. The first kappa shape index (κ1) is 18.4. The van der Waals surface area contributed by atoms with E-state index in [0.29, 0.717) is 26.1 Å². The first-order valence-electron chi connectivity index (χ1n) is 9.20. The molecule has 8 heteroatoms. The molecule has 2 fully saturated rings. The molecule has 142 valence electrons. The van der Waals surface area contributed by atoms with E-state index in [2.05, 4.69) is 14.9 Å². The molecule has 2 aliphatic rings. The molecule has 0 radical (unpaired) electrons. The van der Waals surface area contributed by atoms with Gasteiger partial charge in [-0.1, -0.05) is 0 Å². The minimum Gasteiger partial charge on any atom is -0.453 e. The third kappa shape index (κ3) is 3.73. The van der Waals surface area contributed by atoms with Gasteiger partial charge in [-0.05, 0) is 33.1 Å². The number of aryl methyl sites for hydroxylation is 2. The highest BCUT2D eigenvalue weighted by Crippen LogP contribution is 2.22. The van der Waals surface area contributed by atoms with E-state index in [1.165, 1.54) is 7.11 Å².